The Morgan fingerprint density at radius 1 is 1.30 bits per heavy atom. The van der Waals surface area contributed by atoms with Gasteiger partial charge in [-0.2, -0.15) is 0 Å². The molecule has 1 aliphatic carbocycles. The van der Waals surface area contributed by atoms with Crippen molar-refractivity contribution >= 4 is 5.91 Å². The fourth-order valence-electron chi connectivity index (χ4n) is 4.19. The average Bonchev–Trinajstić information content (AvgIpc) is 3.16. The van der Waals surface area contributed by atoms with E-state index in [-0.39, 0.29) is 29.1 Å². The van der Waals surface area contributed by atoms with Gasteiger partial charge in [-0.05, 0) is 42.9 Å². The number of nitrogens with one attached hydrogen (secondary N) is 1. The third kappa shape index (κ3) is 4.58. The van der Waals surface area contributed by atoms with Crippen LogP contribution in [0.4, 0.5) is 4.39 Å². The first kappa shape index (κ1) is 20.0. The third-order valence-electron chi connectivity index (χ3n) is 5.92. The third-order valence-corrected chi connectivity index (χ3v) is 5.92. The summed E-state index contributed by atoms with van der Waals surface area (Å²) in [6.07, 6.45) is 2.21. The molecule has 1 saturated carbocycles. The zero-order valence-electron chi connectivity index (χ0n) is 16.8. The number of nitrogens with zero attached hydrogens (tertiary/aromatic N) is 1. The smallest absolute Gasteiger partial charge is 0.224 e. The van der Waals surface area contributed by atoms with Crippen LogP contribution in [0, 0.1) is 23.1 Å². The summed E-state index contributed by atoms with van der Waals surface area (Å²) in [6, 6.07) is 6.63. The number of benzene rings is 1. The van der Waals surface area contributed by atoms with E-state index in [1.54, 1.807) is 0 Å². The molecule has 1 amide bonds. The molecule has 1 aliphatic heterocycles. The van der Waals surface area contributed by atoms with E-state index < -0.39 is 0 Å². The van der Waals surface area contributed by atoms with Gasteiger partial charge in [0, 0.05) is 19.6 Å². The van der Waals surface area contributed by atoms with Gasteiger partial charge in [-0.25, -0.2) is 4.39 Å². The van der Waals surface area contributed by atoms with Crippen LogP contribution in [-0.4, -0.2) is 43.7 Å². The number of hydrogen-bond acceptors (Lipinski definition) is 3. The first-order valence-electron chi connectivity index (χ1n) is 9.80. The summed E-state index contributed by atoms with van der Waals surface area (Å²) >= 11 is 0. The molecule has 2 aliphatic rings. The zero-order valence-corrected chi connectivity index (χ0v) is 16.8. The number of morpholine rings is 1. The van der Waals surface area contributed by atoms with E-state index >= 15 is 0 Å². The van der Waals surface area contributed by atoms with Gasteiger partial charge in [0.05, 0.1) is 25.2 Å². The summed E-state index contributed by atoms with van der Waals surface area (Å²) in [5, 5.41) is 3.17. The SMILES string of the molecule is CC(C)=C[C@@H]1[C@@H](C(=O)NC[C@@H](c2ccc(F)cc2)N2CCOCC2)C1(C)C. The highest BCUT2D eigenvalue weighted by atomic mass is 19.1. The van der Waals surface area contributed by atoms with E-state index in [4.69, 9.17) is 4.74 Å². The predicted molar refractivity (Wildman–Crippen MR) is 105 cm³/mol. The van der Waals surface area contributed by atoms with Crippen molar-refractivity contribution in [3.63, 3.8) is 0 Å². The Kier molecular flexibility index (Phi) is 6.02. The molecule has 27 heavy (non-hydrogen) atoms. The average molecular weight is 375 g/mol. The molecule has 148 valence electrons. The predicted octanol–water partition coefficient (Wildman–Crippen LogP) is 3.55. The van der Waals surface area contributed by atoms with Crippen LogP contribution in [0.2, 0.25) is 0 Å². The normalized spacial score (nSPS) is 25.5. The first-order chi connectivity index (χ1) is 12.8. The van der Waals surface area contributed by atoms with Crippen LogP contribution in [0.25, 0.3) is 0 Å². The number of halogens is 1. The molecular formula is C22H31FN2O2. The molecule has 1 N–H and O–H groups in total. The van der Waals surface area contributed by atoms with Gasteiger partial charge in [0.1, 0.15) is 5.82 Å². The second-order valence-electron chi connectivity index (χ2n) is 8.53. The monoisotopic (exact) mass is 374 g/mol. The van der Waals surface area contributed by atoms with Gasteiger partial charge < -0.3 is 10.1 Å². The maximum Gasteiger partial charge on any atom is 0.224 e. The number of hydrogen-bond donors (Lipinski definition) is 1. The Balaban J connectivity index is 1.68. The molecule has 0 spiro atoms. The molecule has 0 bridgehead atoms. The Bertz CT molecular complexity index is 689. The fraction of sp³-hybridized carbons (Fsp3) is 0.591. The van der Waals surface area contributed by atoms with Crippen molar-refractivity contribution in [2.45, 2.75) is 33.7 Å². The highest BCUT2D eigenvalue weighted by Crippen LogP contribution is 2.59. The van der Waals surface area contributed by atoms with Gasteiger partial charge in [0.2, 0.25) is 5.91 Å². The van der Waals surface area contributed by atoms with Gasteiger partial charge in [0.25, 0.3) is 0 Å². The Morgan fingerprint density at radius 3 is 2.52 bits per heavy atom. The summed E-state index contributed by atoms with van der Waals surface area (Å²) in [4.78, 5) is 15.2. The molecule has 1 saturated heterocycles. The van der Waals surface area contributed by atoms with Crippen LogP contribution in [-0.2, 0) is 9.53 Å². The minimum Gasteiger partial charge on any atom is -0.379 e. The minimum absolute atomic E-state index is 0.00564. The lowest BCUT2D eigenvalue weighted by atomic mass is 10.0. The van der Waals surface area contributed by atoms with E-state index in [1.165, 1.54) is 17.7 Å². The van der Waals surface area contributed by atoms with E-state index in [2.05, 4.69) is 44.0 Å². The lowest BCUT2D eigenvalue weighted by Gasteiger charge is -2.35. The number of amides is 1. The Labute approximate surface area is 161 Å². The maximum atomic E-state index is 13.3. The molecule has 1 aromatic carbocycles. The van der Waals surface area contributed by atoms with Crippen molar-refractivity contribution in [3.05, 3.63) is 47.3 Å². The fourth-order valence-corrected chi connectivity index (χ4v) is 4.19. The van der Waals surface area contributed by atoms with Gasteiger partial charge in [-0.15, -0.1) is 0 Å². The van der Waals surface area contributed by atoms with Crippen LogP contribution in [0.15, 0.2) is 35.9 Å². The van der Waals surface area contributed by atoms with Crippen molar-refractivity contribution < 1.29 is 13.9 Å². The summed E-state index contributed by atoms with van der Waals surface area (Å²) in [6.45, 7) is 12.0. The number of rotatable bonds is 6. The van der Waals surface area contributed by atoms with E-state index in [1.807, 2.05) is 12.1 Å². The van der Waals surface area contributed by atoms with Gasteiger partial charge in [0.15, 0.2) is 0 Å². The largest absolute Gasteiger partial charge is 0.379 e. The van der Waals surface area contributed by atoms with Crippen LogP contribution in [0.3, 0.4) is 0 Å². The number of ether oxygens (including phenoxy) is 1. The molecule has 0 unspecified atom stereocenters. The molecular weight excluding hydrogens is 343 g/mol. The molecule has 5 heteroatoms. The van der Waals surface area contributed by atoms with Gasteiger partial charge in [-0.1, -0.05) is 37.6 Å². The van der Waals surface area contributed by atoms with Crippen molar-refractivity contribution in [3.8, 4) is 0 Å². The summed E-state index contributed by atoms with van der Waals surface area (Å²) in [5.41, 5.74) is 2.28. The quantitative estimate of drug-likeness (QED) is 0.774. The Morgan fingerprint density at radius 2 is 1.93 bits per heavy atom. The molecule has 0 aromatic heterocycles. The van der Waals surface area contributed by atoms with Crippen LogP contribution < -0.4 is 5.32 Å². The lowest BCUT2D eigenvalue weighted by molar-refractivity contribution is -0.123. The van der Waals surface area contributed by atoms with Crippen molar-refractivity contribution in [2.24, 2.45) is 17.3 Å². The van der Waals surface area contributed by atoms with Gasteiger partial charge >= 0.3 is 0 Å². The number of carbonyl (C=O) groups is 1. The highest BCUT2D eigenvalue weighted by Gasteiger charge is 2.60. The van der Waals surface area contributed by atoms with E-state index in [9.17, 15) is 9.18 Å². The molecule has 3 atom stereocenters. The van der Waals surface area contributed by atoms with Crippen molar-refractivity contribution in [2.75, 3.05) is 32.8 Å². The molecule has 3 rings (SSSR count). The van der Waals surface area contributed by atoms with Crippen molar-refractivity contribution in [1.29, 1.82) is 0 Å². The molecule has 4 nitrogen and oxygen atoms in total. The highest BCUT2D eigenvalue weighted by molar-refractivity contribution is 5.83. The molecule has 1 aromatic rings. The molecule has 1 heterocycles. The topological polar surface area (TPSA) is 41.6 Å². The number of carbonyl (C=O) groups excluding carboxylic acids is 1. The molecule has 0 radical (unpaired) electrons. The maximum absolute atomic E-state index is 13.3. The molecule has 2 fully saturated rings. The Hall–Kier alpha value is -1.72. The summed E-state index contributed by atoms with van der Waals surface area (Å²) in [5.74, 6) is 0.191. The minimum atomic E-state index is -0.243. The van der Waals surface area contributed by atoms with Gasteiger partial charge in [-0.3, -0.25) is 9.69 Å². The second-order valence-corrected chi connectivity index (χ2v) is 8.53. The standard InChI is InChI=1S/C22H31FN2O2/c1-15(2)13-18-20(22(18,3)4)21(26)24-14-19(25-9-11-27-12-10-25)16-5-7-17(23)8-6-16/h5-8,13,18-20H,9-12,14H2,1-4H3,(H,24,26)/t18-,19+,20+/m1/s1. The van der Waals surface area contributed by atoms with Crippen LogP contribution in [0.1, 0.15) is 39.3 Å². The van der Waals surface area contributed by atoms with E-state index in [0.717, 1.165) is 18.7 Å². The summed E-state index contributed by atoms with van der Waals surface area (Å²) in [7, 11) is 0. The summed E-state index contributed by atoms with van der Waals surface area (Å²) < 4.78 is 18.8. The van der Waals surface area contributed by atoms with Crippen molar-refractivity contribution in [1.82, 2.24) is 10.2 Å². The zero-order chi connectivity index (χ0) is 19.6. The van der Waals surface area contributed by atoms with Crippen LogP contribution >= 0.6 is 0 Å². The second kappa shape index (κ2) is 8.11. The first-order valence-corrected chi connectivity index (χ1v) is 9.80. The van der Waals surface area contributed by atoms with Crippen LogP contribution in [0.5, 0.6) is 0 Å². The lowest BCUT2D eigenvalue weighted by Crippen LogP contribution is -2.44. The van der Waals surface area contributed by atoms with E-state index in [0.29, 0.717) is 25.7 Å². The number of allylic oxidation sites excluding steroid dienone is 2.